The van der Waals surface area contributed by atoms with Gasteiger partial charge in [0.2, 0.25) is 0 Å². The summed E-state index contributed by atoms with van der Waals surface area (Å²) in [5.41, 5.74) is 1.26. The highest BCUT2D eigenvalue weighted by atomic mass is 16.6. The highest BCUT2D eigenvalue weighted by molar-refractivity contribution is 6.15. The number of piperidine rings is 1. The van der Waals surface area contributed by atoms with Crippen LogP contribution < -0.4 is 0 Å². The Morgan fingerprint density at radius 3 is 2.48 bits per heavy atom. The summed E-state index contributed by atoms with van der Waals surface area (Å²) >= 11 is 0. The molecule has 3 aliphatic rings. The van der Waals surface area contributed by atoms with Crippen LogP contribution in [-0.2, 0) is 14.3 Å². The highest BCUT2D eigenvalue weighted by Gasteiger charge is 2.62. The fourth-order valence-corrected chi connectivity index (χ4v) is 3.78. The van der Waals surface area contributed by atoms with E-state index in [2.05, 4.69) is 18.5 Å². The smallest absolute Gasteiger partial charge is 0.338 e. The number of morpholine rings is 1. The Labute approximate surface area is 124 Å². The summed E-state index contributed by atoms with van der Waals surface area (Å²) in [5.74, 6) is -0.301. The maximum absolute atomic E-state index is 12.3. The lowest BCUT2D eigenvalue weighted by atomic mass is 9.99. The normalized spacial score (nSPS) is 36.9. The summed E-state index contributed by atoms with van der Waals surface area (Å²) in [7, 11) is 2.14. The van der Waals surface area contributed by atoms with E-state index >= 15 is 0 Å². The fraction of sp³-hybridized carbons (Fsp3) is 0.471. The largest absolute Gasteiger partial charge is 0.459 e. The summed E-state index contributed by atoms with van der Waals surface area (Å²) in [6, 6.07) is 10.3. The summed E-state index contributed by atoms with van der Waals surface area (Å²) in [6.45, 7) is 3.87. The zero-order valence-electron chi connectivity index (χ0n) is 12.1. The molecule has 0 aliphatic carbocycles. The topological polar surface area (TPSA) is 42.1 Å². The first-order valence-corrected chi connectivity index (χ1v) is 7.48. The van der Waals surface area contributed by atoms with Crippen LogP contribution in [0.5, 0.6) is 0 Å². The van der Waals surface area contributed by atoms with Gasteiger partial charge in [0.1, 0.15) is 18.3 Å². The van der Waals surface area contributed by atoms with Gasteiger partial charge in [-0.25, -0.2) is 4.79 Å². The summed E-state index contributed by atoms with van der Waals surface area (Å²) in [6.07, 6.45) is 2.44. The second-order valence-corrected chi connectivity index (χ2v) is 6.21. The third-order valence-corrected chi connectivity index (χ3v) is 5.02. The van der Waals surface area contributed by atoms with Gasteiger partial charge in [0.25, 0.3) is 0 Å². The molecule has 0 radical (unpaired) electrons. The highest BCUT2D eigenvalue weighted by Crippen LogP contribution is 2.48. The average molecular weight is 285 g/mol. The molecule has 1 unspecified atom stereocenters. The number of carbonyl (C=O) groups excluding carboxylic acids is 1. The van der Waals surface area contributed by atoms with Gasteiger partial charge in [0.05, 0.1) is 5.57 Å². The van der Waals surface area contributed by atoms with Gasteiger partial charge in [0.15, 0.2) is 0 Å². The SMILES string of the molecule is C=C(C(=O)OC1C[C@@H]2[C@H]3O[C@@H]3[C@H](C1)N2C)c1ccccc1. The molecular formula is C17H19NO3. The van der Waals surface area contributed by atoms with Crippen molar-refractivity contribution in [3.05, 3.63) is 42.5 Å². The van der Waals surface area contributed by atoms with Crippen molar-refractivity contribution in [2.24, 2.45) is 0 Å². The zero-order chi connectivity index (χ0) is 14.6. The van der Waals surface area contributed by atoms with Gasteiger partial charge in [-0.05, 0) is 12.6 Å². The predicted octanol–water partition coefficient (Wildman–Crippen LogP) is 1.86. The molecule has 5 atom stereocenters. The second-order valence-electron chi connectivity index (χ2n) is 6.21. The molecular weight excluding hydrogens is 266 g/mol. The van der Waals surface area contributed by atoms with Crippen LogP contribution in [-0.4, -0.2) is 48.3 Å². The van der Waals surface area contributed by atoms with Crippen LogP contribution in [0.25, 0.3) is 5.57 Å². The van der Waals surface area contributed by atoms with Crippen LogP contribution in [0.1, 0.15) is 18.4 Å². The number of benzene rings is 1. The van der Waals surface area contributed by atoms with Crippen molar-refractivity contribution in [3.63, 3.8) is 0 Å². The number of esters is 1. The van der Waals surface area contributed by atoms with Crippen molar-refractivity contribution >= 4 is 11.5 Å². The minimum atomic E-state index is -0.301. The molecule has 4 heteroatoms. The molecule has 0 amide bonds. The van der Waals surface area contributed by atoms with Crippen molar-refractivity contribution < 1.29 is 14.3 Å². The van der Waals surface area contributed by atoms with Gasteiger partial charge in [-0.2, -0.15) is 0 Å². The van der Waals surface area contributed by atoms with Gasteiger partial charge >= 0.3 is 5.97 Å². The molecule has 0 spiro atoms. The Balaban J connectivity index is 1.41. The molecule has 3 saturated heterocycles. The molecule has 4 rings (SSSR count). The Morgan fingerprint density at radius 1 is 1.24 bits per heavy atom. The van der Waals surface area contributed by atoms with Gasteiger partial charge < -0.3 is 9.47 Å². The summed E-state index contributed by atoms with van der Waals surface area (Å²) in [5, 5.41) is 0. The standard InChI is InChI=1S/C17H19NO3/c1-10(11-6-4-3-5-7-11)17(19)20-12-8-13-15-16(21-15)14(9-12)18(13)2/h3-7,12-16H,1,8-9H2,2H3/t12?,13-,14+,15-,16-/m1/s1. The molecule has 3 aliphatic heterocycles. The molecule has 1 aromatic carbocycles. The number of rotatable bonds is 3. The molecule has 3 fully saturated rings. The summed E-state index contributed by atoms with van der Waals surface area (Å²) in [4.78, 5) is 14.6. The lowest BCUT2D eigenvalue weighted by Gasteiger charge is -2.37. The van der Waals surface area contributed by atoms with Crippen LogP contribution in [0.15, 0.2) is 36.9 Å². The monoisotopic (exact) mass is 285 g/mol. The van der Waals surface area contributed by atoms with E-state index in [-0.39, 0.29) is 12.1 Å². The molecule has 0 N–H and O–H groups in total. The quantitative estimate of drug-likeness (QED) is 0.483. The lowest BCUT2D eigenvalue weighted by molar-refractivity contribution is -0.146. The zero-order valence-corrected chi connectivity index (χ0v) is 12.1. The number of nitrogens with zero attached hydrogens (tertiary/aromatic N) is 1. The van der Waals surface area contributed by atoms with Crippen molar-refractivity contribution in [2.45, 2.75) is 43.2 Å². The molecule has 2 bridgehead atoms. The van der Waals surface area contributed by atoms with Crippen LogP contribution in [0.3, 0.4) is 0 Å². The Kier molecular flexibility index (Phi) is 2.91. The van der Waals surface area contributed by atoms with E-state index in [4.69, 9.17) is 9.47 Å². The molecule has 0 saturated carbocycles. The van der Waals surface area contributed by atoms with Crippen molar-refractivity contribution in [1.82, 2.24) is 4.90 Å². The van der Waals surface area contributed by atoms with Crippen LogP contribution in [0.2, 0.25) is 0 Å². The predicted molar refractivity (Wildman–Crippen MR) is 78.6 cm³/mol. The number of hydrogen-bond acceptors (Lipinski definition) is 4. The molecule has 110 valence electrons. The van der Waals surface area contributed by atoms with Gasteiger partial charge in [-0.1, -0.05) is 36.9 Å². The van der Waals surface area contributed by atoms with Crippen molar-refractivity contribution in [1.29, 1.82) is 0 Å². The summed E-state index contributed by atoms with van der Waals surface area (Å²) < 4.78 is 11.3. The minimum Gasteiger partial charge on any atom is -0.459 e. The van der Waals surface area contributed by atoms with E-state index in [0.717, 1.165) is 18.4 Å². The number of hydrogen-bond donors (Lipinski definition) is 0. The first-order chi connectivity index (χ1) is 10.1. The van der Waals surface area contributed by atoms with Gasteiger partial charge in [-0.3, -0.25) is 4.90 Å². The third-order valence-electron chi connectivity index (χ3n) is 5.02. The third kappa shape index (κ3) is 2.10. The number of epoxide rings is 1. The van der Waals surface area contributed by atoms with Crippen LogP contribution in [0, 0.1) is 0 Å². The molecule has 3 heterocycles. The van der Waals surface area contributed by atoms with E-state index < -0.39 is 0 Å². The average Bonchev–Trinajstić information content (AvgIpc) is 3.25. The maximum atomic E-state index is 12.3. The molecule has 21 heavy (non-hydrogen) atoms. The van der Waals surface area contributed by atoms with E-state index in [1.807, 2.05) is 30.3 Å². The lowest BCUT2D eigenvalue weighted by Crippen LogP contribution is -2.47. The van der Waals surface area contributed by atoms with Gasteiger partial charge in [-0.15, -0.1) is 0 Å². The number of likely N-dealkylation sites (N-methyl/N-ethyl adjacent to an activating group) is 1. The van der Waals surface area contributed by atoms with E-state index in [1.165, 1.54) is 0 Å². The minimum absolute atomic E-state index is 0.0134. The molecule has 0 aromatic heterocycles. The number of fused-ring (bicyclic) bond motifs is 5. The fourth-order valence-electron chi connectivity index (χ4n) is 3.78. The first-order valence-electron chi connectivity index (χ1n) is 7.48. The van der Waals surface area contributed by atoms with Gasteiger partial charge in [0, 0.05) is 24.9 Å². The van der Waals surface area contributed by atoms with E-state index in [1.54, 1.807) is 0 Å². The van der Waals surface area contributed by atoms with Crippen molar-refractivity contribution in [3.8, 4) is 0 Å². The first kappa shape index (κ1) is 13.0. The number of carbonyl (C=O) groups is 1. The van der Waals surface area contributed by atoms with E-state index in [9.17, 15) is 4.79 Å². The molecule has 4 nitrogen and oxygen atoms in total. The molecule has 1 aromatic rings. The van der Waals surface area contributed by atoms with Crippen LogP contribution in [0.4, 0.5) is 0 Å². The Morgan fingerprint density at radius 2 is 1.86 bits per heavy atom. The Bertz CT molecular complexity index is 567. The van der Waals surface area contributed by atoms with Crippen LogP contribution >= 0.6 is 0 Å². The van der Waals surface area contributed by atoms with Crippen molar-refractivity contribution in [2.75, 3.05) is 7.05 Å². The second kappa shape index (κ2) is 4.68. The Hall–Kier alpha value is -1.65. The van der Waals surface area contributed by atoms with E-state index in [0.29, 0.717) is 29.9 Å². The maximum Gasteiger partial charge on any atom is 0.338 e. The number of ether oxygens (including phenoxy) is 2.